The van der Waals surface area contributed by atoms with Crippen molar-refractivity contribution in [3.05, 3.63) is 35.4 Å². The molecule has 1 saturated heterocycles. The summed E-state index contributed by atoms with van der Waals surface area (Å²) in [7, 11) is 0. The molecule has 106 valence electrons. The van der Waals surface area contributed by atoms with Crippen LogP contribution >= 0.6 is 0 Å². The van der Waals surface area contributed by atoms with Crippen LogP contribution in [0.4, 0.5) is 13.2 Å². The molecule has 0 bridgehead atoms. The van der Waals surface area contributed by atoms with Gasteiger partial charge in [0.05, 0.1) is 5.56 Å². The first-order valence-electron chi connectivity index (χ1n) is 6.64. The summed E-state index contributed by atoms with van der Waals surface area (Å²) in [6, 6.07) is 6.42. The summed E-state index contributed by atoms with van der Waals surface area (Å²) in [5.74, 6) is 0. The Kier molecular flexibility index (Phi) is 3.65. The average molecular weight is 271 g/mol. The van der Waals surface area contributed by atoms with Crippen molar-refractivity contribution in [3.8, 4) is 0 Å². The molecule has 2 atom stereocenters. The topological polar surface area (TPSA) is 12.0 Å². The predicted octanol–water partition coefficient (Wildman–Crippen LogP) is 4.12. The van der Waals surface area contributed by atoms with Crippen LogP contribution in [0.1, 0.15) is 44.7 Å². The second kappa shape index (κ2) is 4.82. The highest BCUT2D eigenvalue weighted by atomic mass is 19.4. The van der Waals surface area contributed by atoms with Gasteiger partial charge in [-0.25, -0.2) is 0 Å². The van der Waals surface area contributed by atoms with E-state index < -0.39 is 11.7 Å². The van der Waals surface area contributed by atoms with Crippen molar-refractivity contribution in [2.75, 3.05) is 0 Å². The van der Waals surface area contributed by atoms with Crippen LogP contribution in [0.25, 0.3) is 0 Å². The minimum atomic E-state index is -4.26. The van der Waals surface area contributed by atoms with E-state index >= 15 is 0 Å². The predicted molar refractivity (Wildman–Crippen MR) is 70.1 cm³/mol. The van der Waals surface area contributed by atoms with E-state index in [1.165, 1.54) is 12.1 Å². The van der Waals surface area contributed by atoms with E-state index in [2.05, 4.69) is 26.1 Å². The monoisotopic (exact) mass is 271 g/mol. The summed E-state index contributed by atoms with van der Waals surface area (Å²) in [6.45, 7) is 6.39. The fourth-order valence-electron chi connectivity index (χ4n) is 3.34. The van der Waals surface area contributed by atoms with Crippen molar-refractivity contribution < 1.29 is 13.2 Å². The quantitative estimate of drug-likeness (QED) is 0.810. The molecule has 0 radical (unpaired) electrons. The third kappa shape index (κ3) is 3.11. The van der Waals surface area contributed by atoms with E-state index in [0.717, 1.165) is 18.4 Å². The lowest BCUT2D eigenvalue weighted by molar-refractivity contribution is -0.137. The second-order valence-corrected chi connectivity index (χ2v) is 6.01. The van der Waals surface area contributed by atoms with Gasteiger partial charge in [0.2, 0.25) is 0 Å². The van der Waals surface area contributed by atoms with Crippen molar-refractivity contribution in [2.24, 2.45) is 0 Å². The second-order valence-electron chi connectivity index (χ2n) is 6.01. The van der Waals surface area contributed by atoms with Crippen molar-refractivity contribution in [3.63, 3.8) is 0 Å². The van der Waals surface area contributed by atoms with Crippen LogP contribution in [-0.2, 0) is 11.6 Å². The summed E-state index contributed by atoms with van der Waals surface area (Å²) in [5.41, 5.74) is 0.379. The Labute approximate surface area is 112 Å². The summed E-state index contributed by atoms with van der Waals surface area (Å²) >= 11 is 0. The van der Waals surface area contributed by atoms with Crippen LogP contribution in [0.2, 0.25) is 0 Å². The molecule has 0 aromatic heterocycles. The van der Waals surface area contributed by atoms with E-state index in [9.17, 15) is 13.2 Å². The van der Waals surface area contributed by atoms with Gasteiger partial charge in [0.15, 0.2) is 0 Å². The summed E-state index contributed by atoms with van der Waals surface area (Å²) in [5, 5.41) is 3.46. The van der Waals surface area contributed by atoms with Gasteiger partial charge >= 0.3 is 6.18 Å². The van der Waals surface area contributed by atoms with E-state index in [4.69, 9.17) is 0 Å². The lowest BCUT2D eigenvalue weighted by Gasteiger charge is -2.41. The molecule has 2 unspecified atom stereocenters. The number of alkyl halides is 3. The molecule has 2 rings (SSSR count). The lowest BCUT2D eigenvalue weighted by Crippen LogP contribution is -2.48. The summed E-state index contributed by atoms with van der Waals surface area (Å²) < 4.78 is 37.7. The van der Waals surface area contributed by atoms with Crippen LogP contribution in [0.3, 0.4) is 0 Å². The number of hydrogen-bond acceptors (Lipinski definition) is 1. The molecule has 1 fully saturated rings. The number of rotatable bonds is 1. The molecule has 0 saturated carbocycles. The SMILES string of the molecule is CC1CC(C)(c2ccc(C(F)(F)F)cc2)CC(C)N1. The zero-order chi connectivity index (χ0) is 14.3. The Morgan fingerprint density at radius 1 is 1.05 bits per heavy atom. The Bertz CT molecular complexity index is 426. The first kappa shape index (κ1) is 14.4. The Morgan fingerprint density at radius 2 is 1.53 bits per heavy atom. The molecule has 0 aliphatic carbocycles. The van der Waals surface area contributed by atoms with Gasteiger partial charge in [0.1, 0.15) is 0 Å². The first-order chi connectivity index (χ1) is 8.71. The molecule has 1 aliphatic rings. The highest BCUT2D eigenvalue weighted by Gasteiger charge is 2.36. The average Bonchev–Trinajstić information content (AvgIpc) is 2.26. The third-order valence-electron chi connectivity index (χ3n) is 3.99. The van der Waals surface area contributed by atoms with Gasteiger partial charge in [-0.2, -0.15) is 13.2 Å². The smallest absolute Gasteiger partial charge is 0.312 e. The summed E-state index contributed by atoms with van der Waals surface area (Å²) in [4.78, 5) is 0. The van der Waals surface area contributed by atoms with Crippen molar-refractivity contribution >= 4 is 0 Å². The van der Waals surface area contributed by atoms with Gasteiger partial charge in [0, 0.05) is 12.1 Å². The molecule has 1 aromatic carbocycles. The van der Waals surface area contributed by atoms with Crippen LogP contribution in [0.5, 0.6) is 0 Å². The standard InChI is InChI=1S/C15H20F3N/c1-10-8-14(3,9-11(2)19-10)12-4-6-13(7-5-12)15(16,17)18/h4-7,10-11,19H,8-9H2,1-3H3. The van der Waals surface area contributed by atoms with Gasteiger partial charge in [-0.3, -0.25) is 0 Å². The van der Waals surface area contributed by atoms with E-state index in [-0.39, 0.29) is 5.41 Å². The van der Waals surface area contributed by atoms with Crippen molar-refractivity contribution in [1.82, 2.24) is 5.32 Å². The largest absolute Gasteiger partial charge is 0.416 e. The Hall–Kier alpha value is -1.03. The molecule has 1 aromatic rings. The van der Waals surface area contributed by atoms with Crippen LogP contribution in [0.15, 0.2) is 24.3 Å². The molecule has 4 heteroatoms. The minimum Gasteiger partial charge on any atom is -0.312 e. The van der Waals surface area contributed by atoms with Gasteiger partial charge < -0.3 is 5.32 Å². The van der Waals surface area contributed by atoms with Crippen molar-refractivity contribution in [1.29, 1.82) is 0 Å². The lowest BCUT2D eigenvalue weighted by atomic mass is 9.70. The molecule has 1 nitrogen and oxygen atoms in total. The van der Waals surface area contributed by atoms with Gasteiger partial charge in [-0.1, -0.05) is 19.1 Å². The fourth-order valence-corrected chi connectivity index (χ4v) is 3.34. The molecular weight excluding hydrogens is 251 g/mol. The Morgan fingerprint density at radius 3 is 1.95 bits per heavy atom. The zero-order valence-electron chi connectivity index (χ0n) is 11.5. The highest BCUT2D eigenvalue weighted by Crippen LogP contribution is 2.38. The molecule has 0 amide bonds. The van der Waals surface area contributed by atoms with E-state index in [1.807, 2.05) is 0 Å². The van der Waals surface area contributed by atoms with Crippen LogP contribution in [0, 0.1) is 0 Å². The van der Waals surface area contributed by atoms with Gasteiger partial charge in [-0.15, -0.1) is 0 Å². The molecule has 1 heterocycles. The first-order valence-corrected chi connectivity index (χ1v) is 6.64. The number of hydrogen-bond donors (Lipinski definition) is 1. The number of nitrogens with one attached hydrogen (secondary N) is 1. The maximum atomic E-state index is 12.6. The van der Waals surface area contributed by atoms with Gasteiger partial charge in [-0.05, 0) is 49.8 Å². The maximum Gasteiger partial charge on any atom is 0.416 e. The number of halogens is 3. The normalized spacial score (nSPS) is 32.3. The number of piperidine rings is 1. The van der Waals surface area contributed by atoms with Gasteiger partial charge in [0.25, 0.3) is 0 Å². The zero-order valence-corrected chi connectivity index (χ0v) is 11.5. The molecule has 1 aliphatic heterocycles. The Balaban J connectivity index is 2.26. The molecule has 0 spiro atoms. The minimum absolute atomic E-state index is 0.0474. The summed E-state index contributed by atoms with van der Waals surface area (Å²) in [6.07, 6.45) is -2.36. The highest BCUT2D eigenvalue weighted by molar-refractivity contribution is 5.31. The molecule has 1 N–H and O–H groups in total. The van der Waals surface area contributed by atoms with Crippen LogP contribution < -0.4 is 5.32 Å². The van der Waals surface area contributed by atoms with E-state index in [1.54, 1.807) is 12.1 Å². The van der Waals surface area contributed by atoms with Crippen LogP contribution in [-0.4, -0.2) is 12.1 Å². The molecular formula is C15H20F3N. The molecule has 19 heavy (non-hydrogen) atoms. The number of benzene rings is 1. The van der Waals surface area contributed by atoms with E-state index in [0.29, 0.717) is 12.1 Å². The third-order valence-corrected chi connectivity index (χ3v) is 3.99. The van der Waals surface area contributed by atoms with Crippen molar-refractivity contribution in [2.45, 2.75) is 57.3 Å². The maximum absolute atomic E-state index is 12.6. The fraction of sp³-hybridized carbons (Fsp3) is 0.600.